The van der Waals surface area contributed by atoms with Gasteiger partial charge in [-0.2, -0.15) is 0 Å². The van der Waals surface area contributed by atoms with Crippen LogP contribution < -0.4 is 0 Å². The summed E-state index contributed by atoms with van der Waals surface area (Å²) in [4.78, 5) is 37.2. The second kappa shape index (κ2) is 7.59. The number of ether oxygens (including phenoxy) is 2. The van der Waals surface area contributed by atoms with E-state index in [4.69, 9.17) is 12.2 Å². The number of methoxy groups -OCH3 is 2. The van der Waals surface area contributed by atoms with Crippen molar-refractivity contribution in [3.05, 3.63) is 40.3 Å². The molecule has 0 N–H and O–H groups in total. The Morgan fingerprint density at radius 3 is 2.38 bits per heavy atom. The molecule has 1 fully saturated rings. The first kappa shape index (κ1) is 18.2. The number of nitrogens with zero attached hydrogens (tertiary/aromatic N) is 1. The summed E-state index contributed by atoms with van der Waals surface area (Å²) in [6, 6.07) is 5.82. The molecule has 24 heavy (non-hydrogen) atoms. The molecule has 1 aliphatic heterocycles. The maximum atomic E-state index is 12.5. The van der Waals surface area contributed by atoms with Gasteiger partial charge in [0.05, 0.1) is 24.7 Å². The van der Waals surface area contributed by atoms with Gasteiger partial charge in [-0.1, -0.05) is 36.1 Å². The number of benzene rings is 1. The van der Waals surface area contributed by atoms with Gasteiger partial charge in [-0.3, -0.25) is 9.69 Å². The molecule has 0 spiro atoms. The normalized spacial score (nSPS) is 17.1. The lowest BCUT2D eigenvalue weighted by molar-refractivity contribution is -0.147. The van der Waals surface area contributed by atoms with Crippen LogP contribution in [-0.2, 0) is 19.1 Å². The standard InChI is InChI=1S/C16H15NO5S2/c1-9(14(19)21-2)17-13(18)12(24-16(17)23)8-10-4-6-11(7-5-10)15(20)22-3/h4-9H,1-3H3. The van der Waals surface area contributed by atoms with Crippen molar-refractivity contribution in [1.29, 1.82) is 0 Å². The lowest BCUT2D eigenvalue weighted by atomic mass is 10.1. The van der Waals surface area contributed by atoms with Gasteiger partial charge >= 0.3 is 11.9 Å². The van der Waals surface area contributed by atoms with E-state index >= 15 is 0 Å². The average Bonchev–Trinajstić information content (AvgIpc) is 2.87. The molecule has 1 aromatic carbocycles. The molecule has 0 saturated carbocycles. The van der Waals surface area contributed by atoms with Gasteiger partial charge in [0.2, 0.25) is 0 Å². The Labute approximate surface area is 148 Å². The summed E-state index contributed by atoms with van der Waals surface area (Å²) < 4.78 is 9.59. The predicted molar refractivity (Wildman–Crippen MR) is 94.3 cm³/mol. The zero-order valence-corrected chi connectivity index (χ0v) is 14.9. The van der Waals surface area contributed by atoms with E-state index in [2.05, 4.69) is 9.47 Å². The number of hydrogen-bond donors (Lipinski definition) is 0. The molecule has 1 aromatic rings. The van der Waals surface area contributed by atoms with Gasteiger partial charge in [-0.05, 0) is 30.7 Å². The first-order chi connectivity index (χ1) is 11.4. The van der Waals surface area contributed by atoms with E-state index in [0.29, 0.717) is 14.8 Å². The Balaban J connectivity index is 2.22. The van der Waals surface area contributed by atoms with E-state index in [9.17, 15) is 14.4 Å². The Morgan fingerprint density at radius 1 is 1.21 bits per heavy atom. The van der Waals surface area contributed by atoms with E-state index in [-0.39, 0.29) is 5.91 Å². The summed E-state index contributed by atoms with van der Waals surface area (Å²) in [5.41, 5.74) is 1.15. The molecule has 1 amide bonds. The summed E-state index contributed by atoms with van der Waals surface area (Å²) in [5.74, 6) is -1.31. The second-order valence-electron chi connectivity index (χ2n) is 4.86. The Bertz CT molecular complexity index is 726. The fourth-order valence-corrected chi connectivity index (χ4v) is 3.49. The molecule has 1 aliphatic rings. The molecule has 0 radical (unpaired) electrons. The number of esters is 2. The van der Waals surface area contributed by atoms with E-state index in [1.54, 1.807) is 37.3 Å². The van der Waals surface area contributed by atoms with Crippen LogP contribution in [0.3, 0.4) is 0 Å². The van der Waals surface area contributed by atoms with Gasteiger partial charge in [0.15, 0.2) is 0 Å². The molecule has 0 aromatic heterocycles. The fraction of sp³-hybridized carbons (Fsp3) is 0.250. The van der Waals surface area contributed by atoms with Crippen molar-refractivity contribution < 1.29 is 23.9 Å². The third kappa shape index (κ3) is 3.65. The summed E-state index contributed by atoms with van der Waals surface area (Å²) in [6.07, 6.45) is 1.66. The maximum Gasteiger partial charge on any atom is 0.337 e. The van der Waals surface area contributed by atoms with Crippen molar-refractivity contribution >= 4 is 52.2 Å². The maximum absolute atomic E-state index is 12.5. The molecule has 1 atom stereocenters. The van der Waals surface area contributed by atoms with Crippen LogP contribution in [0.25, 0.3) is 6.08 Å². The molecule has 1 heterocycles. The zero-order valence-electron chi connectivity index (χ0n) is 13.3. The van der Waals surface area contributed by atoms with Gasteiger partial charge in [-0.15, -0.1) is 0 Å². The van der Waals surface area contributed by atoms with Crippen LogP contribution in [0.15, 0.2) is 29.2 Å². The summed E-state index contributed by atoms with van der Waals surface area (Å²) in [7, 11) is 2.57. The van der Waals surface area contributed by atoms with Crippen LogP contribution in [0.4, 0.5) is 0 Å². The third-order valence-electron chi connectivity index (χ3n) is 3.38. The molecule has 2 rings (SSSR count). The first-order valence-electron chi connectivity index (χ1n) is 6.92. The monoisotopic (exact) mass is 365 g/mol. The van der Waals surface area contributed by atoms with E-state index in [0.717, 1.165) is 17.3 Å². The second-order valence-corrected chi connectivity index (χ2v) is 6.54. The van der Waals surface area contributed by atoms with Gasteiger partial charge in [0.25, 0.3) is 5.91 Å². The predicted octanol–water partition coefficient (Wildman–Crippen LogP) is 2.24. The highest BCUT2D eigenvalue weighted by Crippen LogP contribution is 2.34. The summed E-state index contributed by atoms with van der Waals surface area (Å²) in [5, 5.41) is 0. The van der Waals surface area contributed by atoms with Crippen LogP contribution in [0.5, 0.6) is 0 Å². The minimum absolute atomic E-state index is 0.301. The van der Waals surface area contributed by atoms with Crippen molar-refractivity contribution in [2.24, 2.45) is 0 Å². The Kier molecular flexibility index (Phi) is 5.74. The molecule has 8 heteroatoms. The lowest BCUT2D eigenvalue weighted by Gasteiger charge is -2.20. The highest BCUT2D eigenvalue weighted by Gasteiger charge is 2.38. The topological polar surface area (TPSA) is 72.9 Å². The lowest BCUT2D eigenvalue weighted by Crippen LogP contribution is -2.42. The Hall–Kier alpha value is -2.19. The highest BCUT2D eigenvalue weighted by molar-refractivity contribution is 8.26. The average molecular weight is 365 g/mol. The highest BCUT2D eigenvalue weighted by atomic mass is 32.2. The number of hydrogen-bond acceptors (Lipinski definition) is 7. The minimum atomic E-state index is -0.782. The SMILES string of the molecule is COC(=O)c1ccc(C=C2SC(=S)N(C(C)C(=O)OC)C2=O)cc1. The zero-order chi connectivity index (χ0) is 17.9. The van der Waals surface area contributed by atoms with E-state index in [1.165, 1.54) is 19.1 Å². The van der Waals surface area contributed by atoms with Crippen molar-refractivity contribution in [3.63, 3.8) is 0 Å². The van der Waals surface area contributed by atoms with Crippen LogP contribution in [-0.4, -0.2) is 47.3 Å². The van der Waals surface area contributed by atoms with E-state index < -0.39 is 18.0 Å². The molecular formula is C16H15NO5S2. The minimum Gasteiger partial charge on any atom is -0.467 e. The fourth-order valence-electron chi connectivity index (χ4n) is 2.07. The Morgan fingerprint density at radius 2 is 1.83 bits per heavy atom. The molecule has 6 nitrogen and oxygen atoms in total. The largest absolute Gasteiger partial charge is 0.467 e. The van der Waals surface area contributed by atoms with Crippen molar-refractivity contribution in [3.8, 4) is 0 Å². The van der Waals surface area contributed by atoms with Gasteiger partial charge in [-0.25, -0.2) is 9.59 Å². The summed E-state index contributed by atoms with van der Waals surface area (Å²) >= 11 is 6.30. The number of carbonyl (C=O) groups is 3. The van der Waals surface area contributed by atoms with Crippen molar-refractivity contribution in [1.82, 2.24) is 4.90 Å². The van der Waals surface area contributed by atoms with E-state index in [1.807, 2.05) is 0 Å². The number of carbonyl (C=O) groups excluding carboxylic acids is 3. The number of rotatable bonds is 4. The molecule has 0 bridgehead atoms. The molecule has 1 saturated heterocycles. The van der Waals surface area contributed by atoms with Gasteiger partial charge in [0.1, 0.15) is 10.4 Å². The van der Waals surface area contributed by atoms with Crippen LogP contribution in [0.1, 0.15) is 22.8 Å². The van der Waals surface area contributed by atoms with Crippen molar-refractivity contribution in [2.45, 2.75) is 13.0 Å². The number of thioether (sulfide) groups is 1. The van der Waals surface area contributed by atoms with Gasteiger partial charge in [0, 0.05) is 0 Å². The summed E-state index contributed by atoms with van der Waals surface area (Å²) in [6.45, 7) is 1.56. The third-order valence-corrected chi connectivity index (χ3v) is 4.71. The van der Waals surface area contributed by atoms with Crippen LogP contribution in [0, 0.1) is 0 Å². The first-order valence-corrected chi connectivity index (χ1v) is 8.14. The van der Waals surface area contributed by atoms with Crippen LogP contribution in [0.2, 0.25) is 0 Å². The quantitative estimate of drug-likeness (QED) is 0.460. The molecular weight excluding hydrogens is 350 g/mol. The molecule has 1 unspecified atom stereocenters. The van der Waals surface area contributed by atoms with Gasteiger partial charge < -0.3 is 9.47 Å². The molecule has 0 aliphatic carbocycles. The molecule has 126 valence electrons. The van der Waals surface area contributed by atoms with Crippen molar-refractivity contribution in [2.75, 3.05) is 14.2 Å². The number of thiocarbonyl (C=S) groups is 1. The smallest absolute Gasteiger partial charge is 0.337 e. The number of amides is 1. The van der Waals surface area contributed by atoms with Crippen LogP contribution >= 0.6 is 24.0 Å².